The van der Waals surface area contributed by atoms with Crippen LogP contribution in [0.4, 0.5) is 8.78 Å². The second kappa shape index (κ2) is 5.63. The molecule has 0 unspecified atom stereocenters. The van der Waals surface area contributed by atoms with Crippen molar-refractivity contribution >= 4 is 5.97 Å². The Kier molecular flexibility index (Phi) is 4.11. The van der Waals surface area contributed by atoms with Crippen LogP contribution in [0.3, 0.4) is 0 Å². The fourth-order valence-corrected chi connectivity index (χ4v) is 2.32. The lowest BCUT2D eigenvalue weighted by molar-refractivity contribution is -0.148. The smallest absolute Gasteiger partial charge is 0.309 e. The number of halogens is 2. The van der Waals surface area contributed by atoms with Crippen molar-refractivity contribution in [2.75, 3.05) is 13.1 Å². The number of carbonyl (C=O) groups is 1. The van der Waals surface area contributed by atoms with E-state index in [1.54, 1.807) is 0 Å². The van der Waals surface area contributed by atoms with Crippen LogP contribution in [0.2, 0.25) is 0 Å². The molecule has 1 saturated heterocycles. The van der Waals surface area contributed by atoms with E-state index < -0.39 is 29.6 Å². The Morgan fingerprint density at radius 3 is 2.68 bits per heavy atom. The first-order valence-electron chi connectivity index (χ1n) is 6.04. The first kappa shape index (κ1) is 13.9. The fraction of sp³-hybridized carbons (Fsp3) is 0.462. The van der Waals surface area contributed by atoms with Gasteiger partial charge >= 0.3 is 5.97 Å². The van der Waals surface area contributed by atoms with Gasteiger partial charge in [-0.15, -0.1) is 0 Å². The van der Waals surface area contributed by atoms with Gasteiger partial charge in [0.05, 0.1) is 12.0 Å². The molecule has 0 aromatic heterocycles. The zero-order chi connectivity index (χ0) is 14.0. The normalized spacial score (nSPS) is 24.4. The molecule has 1 fully saturated rings. The molecular formula is C13H15F2NO3. The quantitative estimate of drug-likeness (QED) is 0.868. The van der Waals surface area contributed by atoms with E-state index in [0.717, 1.165) is 12.1 Å². The molecule has 0 spiro atoms. The number of hydrogen-bond acceptors (Lipinski definition) is 3. The summed E-state index contributed by atoms with van der Waals surface area (Å²) in [4.78, 5) is 12.7. The maximum atomic E-state index is 13.1. The predicted molar refractivity (Wildman–Crippen MR) is 63.4 cm³/mol. The zero-order valence-corrected chi connectivity index (χ0v) is 10.2. The summed E-state index contributed by atoms with van der Waals surface area (Å²) < 4.78 is 25.8. The molecule has 4 nitrogen and oxygen atoms in total. The van der Waals surface area contributed by atoms with Gasteiger partial charge in [-0.1, -0.05) is 6.07 Å². The molecule has 2 atom stereocenters. The number of β-amino-alcohol motifs (C(OH)–C–C–N with tert-alkyl or cyclic N) is 1. The lowest BCUT2D eigenvalue weighted by Gasteiger charge is -2.33. The van der Waals surface area contributed by atoms with Gasteiger partial charge in [-0.2, -0.15) is 0 Å². The maximum Gasteiger partial charge on any atom is 0.309 e. The van der Waals surface area contributed by atoms with Crippen molar-refractivity contribution in [3.8, 4) is 0 Å². The summed E-state index contributed by atoms with van der Waals surface area (Å²) in [7, 11) is 0. The lowest BCUT2D eigenvalue weighted by Crippen LogP contribution is -2.46. The summed E-state index contributed by atoms with van der Waals surface area (Å²) >= 11 is 0. The highest BCUT2D eigenvalue weighted by Gasteiger charge is 2.32. The number of hydrogen-bond donors (Lipinski definition) is 2. The van der Waals surface area contributed by atoms with Crippen molar-refractivity contribution in [3.63, 3.8) is 0 Å². The van der Waals surface area contributed by atoms with Crippen LogP contribution >= 0.6 is 0 Å². The molecule has 19 heavy (non-hydrogen) atoms. The number of carboxylic acid groups (broad SMARTS) is 1. The van der Waals surface area contributed by atoms with Crippen molar-refractivity contribution in [3.05, 3.63) is 35.4 Å². The lowest BCUT2D eigenvalue weighted by atomic mass is 9.94. The van der Waals surface area contributed by atoms with Gasteiger partial charge in [0, 0.05) is 13.1 Å². The molecular weight excluding hydrogens is 256 g/mol. The van der Waals surface area contributed by atoms with Gasteiger partial charge in [0.1, 0.15) is 0 Å². The van der Waals surface area contributed by atoms with Crippen LogP contribution in [-0.4, -0.2) is 40.3 Å². The van der Waals surface area contributed by atoms with E-state index in [-0.39, 0.29) is 6.54 Å². The summed E-state index contributed by atoms with van der Waals surface area (Å²) in [5.41, 5.74) is 0.597. The molecule has 0 saturated carbocycles. The summed E-state index contributed by atoms with van der Waals surface area (Å²) in [6.45, 7) is 1.09. The number of aliphatic carboxylic acids is 1. The van der Waals surface area contributed by atoms with Gasteiger partial charge in [0.15, 0.2) is 11.6 Å². The zero-order valence-electron chi connectivity index (χ0n) is 10.2. The molecule has 104 valence electrons. The molecule has 6 heteroatoms. The van der Waals surface area contributed by atoms with Crippen LogP contribution < -0.4 is 0 Å². The third-order valence-electron chi connectivity index (χ3n) is 3.37. The second-order valence-electron chi connectivity index (χ2n) is 4.78. The first-order valence-corrected chi connectivity index (χ1v) is 6.04. The van der Waals surface area contributed by atoms with Crippen LogP contribution in [0.25, 0.3) is 0 Å². The number of carboxylic acids is 1. The van der Waals surface area contributed by atoms with Crippen molar-refractivity contribution < 1.29 is 23.8 Å². The minimum Gasteiger partial charge on any atom is -0.481 e. The number of piperidine rings is 1. The minimum atomic E-state index is -1.00. The maximum absolute atomic E-state index is 13.1. The van der Waals surface area contributed by atoms with E-state index in [4.69, 9.17) is 5.11 Å². The average Bonchev–Trinajstić information content (AvgIpc) is 2.33. The topological polar surface area (TPSA) is 60.8 Å². The van der Waals surface area contributed by atoms with Crippen LogP contribution in [0, 0.1) is 17.6 Å². The van der Waals surface area contributed by atoms with Gasteiger partial charge in [0.25, 0.3) is 0 Å². The highest BCUT2D eigenvalue weighted by Crippen LogP contribution is 2.20. The van der Waals surface area contributed by atoms with Crippen LogP contribution in [0.1, 0.15) is 12.0 Å². The van der Waals surface area contributed by atoms with Crippen molar-refractivity contribution in [1.29, 1.82) is 0 Å². The van der Waals surface area contributed by atoms with E-state index in [1.807, 2.05) is 4.90 Å². The SMILES string of the molecule is O=C(O)[C@H]1CCN(Cc2ccc(F)c(F)c2)C[C@H]1O. The fourth-order valence-electron chi connectivity index (χ4n) is 2.32. The molecule has 0 bridgehead atoms. The van der Waals surface area contributed by atoms with Gasteiger partial charge in [0.2, 0.25) is 0 Å². The highest BCUT2D eigenvalue weighted by molar-refractivity contribution is 5.70. The Hall–Kier alpha value is -1.53. The number of nitrogens with zero attached hydrogens (tertiary/aromatic N) is 1. The van der Waals surface area contributed by atoms with E-state index >= 15 is 0 Å². The number of likely N-dealkylation sites (tertiary alicyclic amines) is 1. The Morgan fingerprint density at radius 2 is 2.11 bits per heavy atom. The van der Waals surface area contributed by atoms with Crippen molar-refractivity contribution in [2.24, 2.45) is 5.92 Å². The highest BCUT2D eigenvalue weighted by atomic mass is 19.2. The molecule has 0 aliphatic carbocycles. The Labute approximate surface area is 109 Å². The molecule has 0 amide bonds. The van der Waals surface area contributed by atoms with E-state index in [0.29, 0.717) is 25.1 Å². The summed E-state index contributed by atoms with van der Waals surface area (Å²) in [6, 6.07) is 3.66. The third-order valence-corrected chi connectivity index (χ3v) is 3.37. The number of aliphatic hydroxyl groups is 1. The van der Waals surface area contributed by atoms with E-state index in [2.05, 4.69) is 0 Å². The van der Waals surface area contributed by atoms with Gasteiger partial charge in [-0.3, -0.25) is 9.69 Å². The van der Waals surface area contributed by atoms with Gasteiger partial charge < -0.3 is 10.2 Å². The molecule has 1 heterocycles. The van der Waals surface area contributed by atoms with E-state index in [1.165, 1.54) is 6.07 Å². The largest absolute Gasteiger partial charge is 0.481 e. The van der Waals surface area contributed by atoms with Crippen molar-refractivity contribution in [1.82, 2.24) is 4.90 Å². The minimum absolute atomic E-state index is 0.218. The third kappa shape index (κ3) is 3.27. The number of rotatable bonds is 3. The van der Waals surface area contributed by atoms with Crippen LogP contribution in [-0.2, 0) is 11.3 Å². The molecule has 1 aromatic carbocycles. The molecule has 1 aliphatic rings. The predicted octanol–water partition coefficient (Wildman–Crippen LogP) is 1.23. The molecule has 1 aliphatic heterocycles. The standard InChI is InChI=1S/C13H15F2NO3/c14-10-2-1-8(5-11(10)15)6-16-4-3-9(13(18)19)12(17)7-16/h1-2,5,9,12,17H,3-4,6-7H2,(H,18,19)/t9-,12+/m0/s1. The second-order valence-corrected chi connectivity index (χ2v) is 4.78. The Bertz CT molecular complexity index is 481. The molecule has 2 N–H and O–H groups in total. The number of aliphatic hydroxyl groups excluding tert-OH is 1. The molecule has 2 rings (SSSR count). The van der Waals surface area contributed by atoms with Gasteiger partial charge in [-0.05, 0) is 30.7 Å². The summed E-state index contributed by atoms with van der Waals surface area (Å²) in [5.74, 6) is -3.55. The van der Waals surface area contributed by atoms with Crippen LogP contribution in [0.5, 0.6) is 0 Å². The average molecular weight is 271 g/mol. The Morgan fingerprint density at radius 1 is 1.37 bits per heavy atom. The van der Waals surface area contributed by atoms with E-state index in [9.17, 15) is 18.7 Å². The van der Waals surface area contributed by atoms with Crippen molar-refractivity contribution in [2.45, 2.75) is 19.1 Å². The Balaban J connectivity index is 1.98. The first-order chi connectivity index (χ1) is 8.97. The number of benzene rings is 1. The molecule has 1 aromatic rings. The monoisotopic (exact) mass is 271 g/mol. The van der Waals surface area contributed by atoms with Gasteiger partial charge in [-0.25, -0.2) is 8.78 Å². The summed E-state index contributed by atoms with van der Waals surface area (Å²) in [6.07, 6.45) is -0.586. The molecule has 0 radical (unpaired) electrons. The summed E-state index contributed by atoms with van der Waals surface area (Å²) in [5, 5.41) is 18.6. The van der Waals surface area contributed by atoms with Crippen LogP contribution in [0.15, 0.2) is 18.2 Å².